The number of carbonyl (C=O) groups is 2. The van der Waals surface area contributed by atoms with Crippen molar-refractivity contribution in [3.05, 3.63) is 59.7 Å². The molecule has 5 heteroatoms. The number of rotatable bonds is 5. The van der Waals surface area contributed by atoms with E-state index in [1.54, 1.807) is 48.5 Å². The van der Waals surface area contributed by atoms with E-state index in [4.69, 9.17) is 5.11 Å². The fourth-order valence-electron chi connectivity index (χ4n) is 2.05. The first-order valence-electron chi connectivity index (χ1n) is 6.93. The summed E-state index contributed by atoms with van der Waals surface area (Å²) in [6, 6.07) is 14.2. The van der Waals surface area contributed by atoms with E-state index in [1.165, 1.54) is 6.92 Å². The minimum atomic E-state index is -0.137. The summed E-state index contributed by atoms with van der Waals surface area (Å²) >= 11 is 0. The average Bonchev–Trinajstić information content (AvgIpc) is 2.49. The molecule has 2 aromatic carbocycles. The Labute approximate surface area is 129 Å². The predicted molar refractivity (Wildman–Crippen MR) is 85.4 cm³/mol. The molecule has 0 spiro atoms. The maximum atomic E-state index is 12.0. The van der Waals surface area contributed by atoms with Gasteiger partial charge in [-0.2, -0.15) is 0 Å². The molecule has 22 heavy (non-hydrogen) atoms. The second-order valence-electron chi connectivity index (χ2n) is 4.96. The summed E-state index contributed by atoms with van der Waals surface area (Å²) in [4.78, 5) is 22.9. The molecule has 0 atom stereocenters. The molecule has 0 saturated carbocycles. The van der Waals surface area contributed by atoms with Crippen LogP contribution in [0.1, 0.15) is 18.1 Å². The van der Waals surface area contributed by atoms with Crippen LogP contribution >= 0.6 is 0 Å². The van der Waals surface area contributed by atoms with E-state index in [0.717, 1.165) is 11.1 Å². The van der Waals surface area contributed by atoms with Crippen LogP contribution in [0.15, 0.2) is 48.5 Å². The average molecular weight is 298 g/mol. The SMILES string of the molecule is CC(=O)Nc1ccc(CC(=O)Nc2cccc(CO)c2)cc1. The molecule has 2 aromatic rings. The summed E-state index contributed by atoms with van der Waals surface area (Å²) in [5.74, 6) is -0.267. The molecule has 0 aliphatic heterocycles. The molecule has 2 rings (SSSR count). The summed E-state index contributed by atoms with van der Waals surface area (Å²) in [7, 11) is 0. The van der Waals surface area contributed by atoms with Gasteiger partial charge in [0.25, 0.3) is 0 Å². The monoisotopic (exact) mass is 298 g/mol. The van der Waals surface area contributed by atoms with Crippen molar-refractivity contribution in [2.45, 2.75) is 20.0 Å². The van der Waals surface area contributed by atoms with Gasteiger partial charge in [0.15, 0.2) is 0 Å². The molecule has 5 nitrogen and oxygen atoms in total. The van der Waals surface area contributed by atoms with Gasteiger partial charge in [0, 0.05) is 18.3 Å². The van der Waals surface area contributed by atoms with Crippen molar-refractivity contribution in [3.63, 3.8) is 0 Å². The van der Waals surface area contributed by atoms with Gasteiger partial charge in [-0.3, -0.25) is 9.59 Å². The van der Waals surface area contributed by atoms with Crippen LogP contribution in [0.3, 0.4) is 0 Å². The minimum Gasteiger partial charge on any atom is -0.392 e. The Morgan fingerprint density at radius 3 is 2.32 bits per heavy atom. The highest BCUT2D eigenvalue weighted by Gasteiger charge is 2.05. The Morgan fingerprint density at radius 1 is 0.955 bits per heavy atom. The molecule has 0 heterocycles. The first-order chi connectivity index (χ1) is 10.6. The zero-order valence-electron chi connectivity index (χ0n) is 12.3. The Kier molecular flexibility index (Phi) is 5.27. The van der Waals surface area contributed by atoms with Crippen LogP contribution in [0.5, 0.6) is 0 Å². The summed E-state index contributed by atoms with van der Waals surface area (Å²) in [5, 5.41) is 14.5. The molecule has 0 radical (unpaired) electrons. The first kappa shape index (κ1) is 15.7. The lowest BCUT2D eigenvalue weighted by molar-refractivity contribution is -0.116. The van der Waals surface area contributed by atoms with Gasteiger partial charge in [-0.1, -0.05) is 24.3 Å². The number of carbonyl (C=O) groups excluding carboxylic acids is 2. The lowest BCUT2D eigenvalue weighted by Crippen LogP contribution is -2.14. The van der Waals surface area contributed by atoms with E-state index in [1.807, 2.05) is 0 Å². The number of nitrogens with one attached hydrogen (secondary N) is 2. The highest BCUT2D eigenvalue weighted by atomic mass is 16.3. The fourth-order valence-corrected chi connectivity index (χ4v) is 2.05. The smallest absolute Gasteiger partial charge is 0.228 e. The molecule has 0 unspecified atom stereocenters. The second-order valence-corrected chi connectivity index (χ2v) is 4.96. The van der Waals surface area contributed by atoms with E-state index in [2.05, 4.69) is 10.6 Å². The largest absolute Gasteiger partial charge is 0.392 e. The van der Waals surface area contributed by atoms with E-state index in [9.17, 15) is 9.59 Å². The zero-order chi connectivity index (χ0) is 15.9. The number of amides is 2. The topological polar surface area (TPSA) is 78.4 Å². The van der Waals surface area contributed by atoms with Crippen LogP contribution in [-0.4, -0.2) is 16.9 Å². The highest BCUT2D eigenvalue weighted by Crippen LogP contribution is 2.13. The summed E-state index contributed by atoms with van der Waals surface area (Å²) in [6.45, 7) is 1.39. The molecule has 0 aliphatic rings. The number of aliphatic hydroxyl groups excluding tert-OH is 1. The molecule has 0 bridgehead atoms. The van der Waals surface area contributed by atoms with Crippen molar-refractivity contribution in [3.8, 4) is 0 Å². The normalized spacial score (nSPS) is 10.1. The van der Waals surface area contributed by atoms with Crippen molar-refractivity contribution in [1.82, 2.24) is 0 Å². The zero-order valence-corrected chi connectivity index (χ0v) is 12.3. The van der Waals surface area contributed by atoms with E-state index in [-0.39, 0.29) is 24.8 Å². The van der Waals surface area contributed by atoms with Crippen molar-refractivity contribution in [1.29, 1.82) is 0 Å². The highest BCUT2D eigenvalue weighted by molar-refractivity contribution is 5.92. The maximum Gasteiger partial charge on any atom is 0.228 e. The van der Waals surface area contributed by atoms with E-state index in [0.29, 0.717) is 11.4 Å². The molecule has 3 N–H and O–H groups in total. The van der Waals surface area contributed by atoms with Crippen molar-refractivity contribution in [2.75, 3.05) is 10.6 Å². The number of aliphatic hydroxyl groups is 1. The standard InChI is InChI=1S/C17H18N2O3/c1-12(21)18-15-7-5-13(6-8-15)10-17(22)19-16-4-2-3-14(9-16)11-20/h2-9,20H,10-11H2,1H3,(H,18,21)(H,19,22). The van der Waals surface area contributed by atoms with E-state index < -0.39 is 0 Å². The summed E-state index contributed by atoms with van der Waals surface area (Å²) in [6.07, 6.45) is 0.240. The van der Waals surface area contributed by atoms with Crippen molar-refractivity contribution >= 4 is 23.2 Å². The van der Waals surface area contributed by atoms with Gasteiger partial charge in [0.2, 0.25) is 11.8 Å². The van der Waals surface area contributed by atoms with Crippen LogP contribution in [0, 0.1) is 0 Å². The molecular formula is C17H18N2O3. The molecule has 0 saturated heterocycles. The van der Waals surface area contributed by atoms with Gasteiger partial charge in [-0.05, 0) is 35.4 Å². The Bertz CT molecular complexity index is 666. The third-order valence-corrected chi connectivity index (χ3v) is 3.03. The van der Waals surface area contributed by atoms with Crippen LogP contribution in [-0.2, 0) is 22.6 Å². The van der Waals surface area contributed by atoms with Crippen LogP contribution < -0.4 is 10.6 Å². The predicted octanol–water partition coefficient (Wildman–Crippen LogP) is 2.32. The van der Waals surface area contributed by atoms with Crippen LogP contribution in [0.2, 0.25) is 0 Å². The Morgan fingerprint density at radius 2 is 1.68 bits per heavy atom. The lowest BCUT2D eigenvalue weighted by atomic mass is 10.1. The second kappa shape index (κ2) is 7.38. The van der Waals surface area contributed by atoms with Gasteiger partial charge in [0.1, 0.15) is 0 Å². The van der Waals surface area contributed by atoms with Gasteiger partial charge in [0.05, 0.1) is 13.0 Å². The molecular weight excluding hydrogens is 280 g/mol. The van der Waals surface area contributed by atoms with Gasteiger partial charge < -0.3 is 15.7 Å². The molecule has 0 fully saturated rings. The van der Waals surface area contributed by atoms with Crippen molar-refractivity contribution in [2.24, 2.45) is 0 Å². The first-order valence-corrected chi connectivity index (χ1v) is 6.93. The third kappa shape index (κ3) is 4.71. The fraction of sp³-hybridized carbons (Fsp3) is 0.176. The molecule has 0 aliphatic carbocycles. The Balaban J connectivity index is 1.95. The lowest BCUT2D eigenvalue weighted by Gasteiger charge is -2.07. The summed E-state index contributed by atoms with van der Waals surface area (Å²) in [5.41, 5.74) is 2.96. The molecule has 2 amide bonds. The van der Waals surface area contributed by atoms with Gasteiger partial charge in [-0.25, -0.2) is 0 Å². The van der Waals surface area contributed by atoms with Crippen molar-refractivity contribution < 1.29 is 14.7 Å². The molecule has 114 valence electrons. The van der Waals surface area contributed by atoms with E-state index >= 15 is 0 Å². The van der Waals surface area contributed by atoms with Gasteiger partial charge in [-0.15, -0.1) is 0 Å². The van der Waals surface area contributed by atoms with Gasteiger partial charge >= 0.3 is 0 Å². The molecule has 0 aromatic heterocycles. The van der Waals surface area contributed by atoms with Crippen LogP contribution in [0.25, 0.3) is 0 Å². The number of benzene rings is 2. The van der Waals surface area contributed by atoms with Crippen LogP contribution in [0.4, 0.5) is 11.4 Å². The third-order valence-electron chi connectivity index (χ3n) is 3.03. The quantitative estimate of drug-likeness (QED) is 0.792. The minimum absolute atomic E-state index is 0.0612. The number of hydrogen-bond donors (Lipinski definition) is 3. The maximum absolute atomic E-state index is 12.0. The summed E-state index contributed by atoms with van der Waals surface area (Å²) < 4.78 is 0. The Hall–Kier alpha value is -2.66. The number of anilines is 2. The number of hydrogen-bond acceptors (Lipinski definition) is 3.